The zero-order chi connectivity index (χ0) is 15.0. The molecule has 3 rings (SSSR count). The first-order valence-electron chi connectivity index (χ1n) is 8.64. The van der Waals surface area contributed by atoms with Gasteiger partial charge in [-0.1, -0.05) is 20.3 Å². The van der Waals surface area contributed by atoms with Crippen molar-refractivity contribution >= 4 is 0 Å². The summed E-state index contributed by atoms with van der Waals surface area (Å²) in [5.74, 6) is 0. The van der Waals surface area contributed by atoms with Crippen LogP contribution in [0.5, 0.6) is 0 Å². The molecule has 118 valence electrons. The first-order chi connectivity index (χ1) is 9.96. The van der Waals surface area contributed by atoms with Gasteiger partial charge in [-0.3, -0.25) is 0 Å². The molecule has 1 aromatic rings. The average Bonchev–Trinajstić information content (AvgIpc) is 2.82. The van der Waals surface area contributed by atoms with Gasteiger partial charge in [0.15, 0.2) is 0 Å². The van der Waals surface area contributed by atoms with E-state index in [0.29, 0.717) is 11.5 Å². The Balaban J connectivity index is 1.77. The molecular formula is C18H31N3. The van der Waals surface area contributed by atoms with Gasteiger partial charge in [0.2, 0.25) is 0 Å². The second-order valence-electron chi connectivity index (χ2n) is 7.99. The molecule has 2 aliphatic rings. The second-order valence-corrected chi connectivity index (χ2v) is 7.99. The Kier molecular flexibility index (Phi) is 4.15. The third-order valence-corrected chi connectivity index (χ3v) is 5.32. The quantitative estimate of drug-likeness (QED) is 0.924. The largest absolute Gasteiger partial charge is 0.347 e. The van der Waals surface area contributed by atoms with Crippen LogP contribution in [0, 0.1) is 5.41 Å². The molecule has 1 aromatic heterocycles. The number of nitrogens with zero attached hydrogens (tertiary/aromatic N) is 2. The number of hydrogen-bond donors (Lipinski definition) is 1. The number of fused-ring (bicyclic) bond motifs is 1. The van der Waals surface area contributed by atoms with Gasteiger partial charge in [0, 0.05) is 30.5 Å². The van der Waals surface area contributed by atoms with Crippen LogP contribution in [0.2, 0.25) is 0 Å². The highest BCUT2D eigenvalue weighted by Crippen LogP contribution is 2.40. The van der Waals surface area contributed by atoms with Crippen molar-refractivity contribution in [2.75, 3.05) is 19.6 Å². The fourth-order valence-electron chi connectivity index (χ4n) is 4.27. The summed E-state index contributed by atoms with van der Waals surface area (Å²) in [7, 11) is 0. The molecular weight excluding hydrogens is 258 g/mol. The van der Waals surface area contributed by atoms with Gasteiger partial charge in [-0.05, 0) is 62.7 Å². The highest BCUT2D eigenvalue weighted by atomic mass is 15.2. The molecule has 0 saturated carbocycles. The topological polar surface area (TPSA) is 34.2 Å². The predicted octanol–water partition coefficient (Wildman–Crippen LogP) is 3.51. The van der Waals surface area contributed by atoms with Crippen molar-refractivity contribution in [1.29, 1.82) is 0 Å². The number of nitrogens with two attached hydrogens (primary N) is 1. The number of hydrogen-bond acceptors (Lipinski definition) is 2. The smallest absolute Gasteiger partial charge is 0.0432 e. The molecule has 3 nitrogen and oxygen atoms in total. The lowest BCUT2D eigenvalue weighted by atomic mass is 9.74. The Bertz CT molecular complexity index is 483. The summed E-state index contributed by atoms with van der Waals surface area (Å²) in [6, 6.07) is 3.03. The van der Waals surface area contributed by atoms with Crippen LogP contribution in [-0.4, -0.2) is 29.1 Å². The van der Waals surface area contributed by atoms with Crippen LogP contribution in [0.15, 0.2) is 12.3 Å². The van der Waals surface area contributed by atoms with E-state index in [0.717, 1.165) is 12.8 Å². The molecule has 0 radical (unpaired) electrons. The summed E-state index contributed by atoms with van der Waals surface area (Å²) >= 11 is 0. The van der Waals surface area contributed by atoms with Crippen molar-refractivity contribution in [1.82, 2.24) is 9.47 Å². The van der Waals surface area contributed by atoms with E-state index in [2.05, 4.69) is 42.5 Å². The van der Waals surface area contributed by atoms with Gasteiger partial charge in [-0.2, -0.15) is 0 Å². The fraction of sp³-hybridized carbons (Fsp3) is 0.778. The lowest BCUT2D eigenvalue weighted by molar-refractivity contribution is 0.197. The summed E-state index contributed by atoms with van der Waals surface area (Å²) in [6.07, 6.45) is 8.69. The average molecular weight is 289 g/mol. The highest BCUT2D eigenvalue weighted by Gasteiger charge is 2.33. The zero-order valence-corrected chi connectivity index (χ0v) is 13.9. The van der Waals surface area contributed by atoms with E-state index in [9.17, 15) is 0 Å². The fourth-order valence-corrected chi connectivity index (χ4v) is 4.27. The zero-order valence-electron chi connectivity index (χ0n) is 13.9. The van der Waals surface area contributed by atoms with Crippen LogP contribution in [0.3, 0.4) is 0 Å². The number of rotatable bonds is 3. The van der Waals surface area contributed by atoms with Gasteiger partial charge < -0.3 is 15.2 Å². The Morgan fingerprint density at radius 2 is 2.00 bits per heavy atom. The summed E-state index contributed by atoms with van der Waals surface area (Å²) in [5, 5.41) is 0. The van der Waals surface area contributed by atoms with Crippen molar-refractivity contribution < 1.29 is 0 Å². The van der Waals surface area contributed by atoms with E-state index in [1.54, 1.807) is 0 Å². The molecule has 3 heteroatoms. The van der Waals surface area contributed by atoms with Crippen LogP contribution in [-0.2, 0) is 6.42 Å². The Hall–Kier alpha value is -0.800. The van der Waals surface area contributed by atoms with Gasteiger partial charge >= 0.3 is 0 Å². The summed E-state index contributed by atoms with van der Waals surface area (Å²) in [4.78, 5) is 2.63. The molecule has 0 spiro atoms. The van der Waals surface area contributed by atoms with Crippen LogP contribution >= 0.6 is 0 Å². The van der Waals surface area contributed by atoms with Crippen LogP contribution in [0.25, 0.3) is 0 Å². The van der Waals surface area contributed by atoms with Crippen molar-refractivity contribution in [3.05, 3.63) is 23.5 Å². The molecule has 0 bridgehead atoms. The maximum atomic E-state index is 6.40. The normalized spacial score (nSPS) is 27.3. The van der Waals surface area contributed by atoms with E-state index in [-0.39, 0.29) is 6.04 Å². The molecule has 21 heavy (non-hydrogen) atoms. The van der Waals surface area contributed by atoms with Gasteiger partial charge in [0.05, 0.1) is 0 Å². The molecule has 2 heterocycles. The lowest BCUT2D eigenvalue weighted by Crippen LogP contribution is -2.36. The molecule has 0 aromatic carbocycles. The van der Waals surface area contributed by atoms with Gasteiger partial charge in [0.25, 0.3) is 0 Å². The highest BCUT2D eigenvalue weighted by molar-refractivity contribution is 5.30. The van der Waals surface area contributed by atoms with Crippen molar-refractivity contribution in [2.45, 2.75) is 65.0 Å². The van der Waals surface area contributed by atoms with E-state index < -0.39 is 0 Å². The number of likely N-dealkylation sites (tertiary alicyclic amines) is 1. The minimum atomic E-state index is 0.215. The molecule has 1 fully saturated rings. The van der Waals surface area contributed by atoms with Crippen LogP contribution < -0.4 is 5.73 Å². The predicted molar refractivity (Wildman–Crippen MR) is 88.5 cm³/mol. The summed E-state index contributed by atoms with van der Waals surface area (Å²) in [6.45, 7) is 10.8. The van der Waals surface area contributed by atoms with E-state index in [1.807, 2.05) is 0 Å². The standard InChI is InChI=1S/C18H31N3/c1-14(13-20-8-5-4-6-9-20)21-10-7-15-16(19)11-18(2,3)12-17(15)21/h7,10,14,16H,4-6,8-9,11-13,19H2,1-3H3. The molecule has 1 aliphatic heterocycles. The maximum absolute atomic E-state index is 6.40. The molecule has 2 unspecified atom stereocenters. The number of aromatic nitrogens is 1. The molecule has 1 aliphatic carbocycles. The maximum Gasteiger partial charge on any atom is 0.0432 e. The lowest BCUT2D eigenvalue weighted by Gasteiger charge is -2.36. The Labute approximate surface area is 129 Å². The third kappa shape index (κ3) is 3.19. The first-order valence-corrected chi connectivity index (χ1v) is 8.64. The van der Waals surface area contributed by atoms with Gasteiger partial charge in [0.1, 0.15) is 0 Å². The molecule has 2 atom stereocenters. The van der Waals surface area contributed by atoms with E-state index in [1.165, 1.54) is 50.2 Å². The van der Waals surface area contributed by atoms with Crippen LogP contribution in [0.1, 0.15) is 69.8 Å². The van der Waals surface area contributed by atoms with E-state index in [4.69, 9.17) is 5.73 Å². The Morgan fingerprint density at radius 3 is 2.71 bits per heavy atom. The number of piperidine rings is 1. The summed E-state index contributed by atoms with van der Waals surface area (Å²) < 4.78 is 2.50. The van der Waals surface area contributed by atoms with Crippen molar-refractivity contribution in [2.24, 2.45) is 11.1 Å². The van der Waals surface area contributed by atoms with Crippen LogP contribution in [0.4, 0.5) is 0 Å². The second kappa shape index (κ2) is 5.77. The third-order valence-electron chi connectivity index (χ3n) is 5.32. The Morgan fingerprint density at radius 1 is 1.29 bits per heavy atom. The molecule has 0 amide bonds. The van der Waals surface area contributed by atoms with Gasteiger partial charge in [-0.25, -0.2) is 0 Å². The summed E-state index contributed by atoms with van der Waals surface area (Å²) in [5.41, 5.74) is 9.60. The first kappa shape index (κ1) is 15.1. The molecule has 1 saturated heterocycles. The minimum Gasteiger partial charge on any atom is -0.347 e. The van der Waals surface area contributed by atoms with Crippen molar-refractivity contribution in [3.8, 4) is 0 Å². The van der Waals surface area contributed by atoms with Crippen molar-refractivity contribution in [3.63, 3.8) is 0 Å². The van der Waals surface area contributed by atoms with Gasteiger partial charge in [-0.15, -0.1) is 0 Å². The van der Waals surface area contributed by atoms with E-state index >= 15 is 0 Å². The SMILES string of the molecule is CC(CN1CCCCC1)n1ccc2c1CC(C)(C)CC2N. The monoisotopic (exact) mass is 289 g/mol. The minimum absolute atomic E-state index is 0.215. The molecule has 2 N–H and O–H groups in total.